The third-order valence-corrected chi connectivity index (χ3v) is 7.60. The minimum atomic E-state index is -0.350. The molecule has 0 amide bonds. The number of benzene rings is 1. The molecule has 28 heavy (non-hydrogen) atoms. The second-order valence-corrected chi connectivity index (χ2v) is 8.86. The minimum absolute atomic E-state index is 0.0778. The van der Waals surface area contributed by atoms with Crippen LogP contribution in [0.2, 0.25) is 0 Å². The summed E-state index contributed by atoms with van der Waals surface area (Å²) in [4.78, 5) is 15.8. The van der Waals surface area contributed by atoms with E-state index in [1.54, 1.807) is 7.11 Å². The first kappa shape index (κ1) is 17.8. The van der Waals surface area contributed by atoms with E-state index in [9.17, 15) is 4.79 Å². The maximum Gasteiger partial charge on any atom is 0.329 e. The van der Waals surface area contributed by atoms with Crippen molar-refractivity contribution in [3.8, 4) is 5.75 Å². The van der Waals surface area contributed by atoms with E-state index >= 15 is 0 Å². The minimum Gasteiger partial charge on any atom is -0.497 e. The quantitative estimate of drug-likeness (QED) is 0.587. The molecule has 5 rings (SSSR count). The van der Waals surface area contributed by atoms with E-state index in [1.165, 1.54) is 29.3 Å². The summed E-state index contributed by atoms with van der Waals surface area (Å²) >= 11 is 0. The zero-order chi connectivity index (χ0) is 19.8. The van der Waals surface area contributed by atoms with Crippen molar-refractivity contribution < 1.29 is 14.3 Å². The third kappa shape index (κ3) is 1.93. The summed E-state index contributed by atoms with van der Waals surface area (Å²) < 4.78 is 13.2. The predicted molar refractivity (Wildman–Crippen MR) is 109 cm³/mol. The normalized spacial score (nSPS) is 32.6. The molecule has 1 aromatic heterocycles. The van der Waals surface area contributed by atoms with E-state index in [2.05, 4.69) is 48.4 Å². The number of esters is 1. The number of hydrogen-bond donors (Lipinski definition) is 0. The van der Waals surface area contributed by atoms with Crippen molar-refractivity contribution in [2.24, 2.45) is 5.41 Å². The van der Waals surface area contributed by atoms with E-state index in [0.717, 1.165) is 37.2 Å². The average molecular weight is 380 g/mol. The topological polar surface area (TPSA) is 43.7 Å². The smallest absolute Gasteiger partial charge is 0.329 e. The van der Waals surface area contributed by atoms with Gasteiger partial charge in [-0.05, 0) is 50.5 Å². The van der Waals surface area contributed by atoms with E-state index < -0.39 is 0 Å². The maximum absolute atomic E-state index is 13.2. The van der Waals surface area contributed by atoms with Crippen LogP contribution in [0, 0.1) is 5.41 Å². The molecule has 4 heterocycles. The molecule has 0 unspecified atom stereocenters. The van der Waals surface area contributed by atoms with Gasteiger partial charge in [-0.2, -0.15) is 0 Å². The van der Waals surface area contributed by atoms with Crippen molar-refractivity contribution in [1.82, 2.24) is 9.47 Å². The van der Waals surface area contributed by atoms with Gasteiger partial charge in [0.1, 0.15) is 11.8 Å². The summed E-state index contributed by atoms with van der Waals surface area (Å²) in [7, 11) is 3.21. The number of carbonyl (C=O) groups is 1. The van der Waals surface area contributed by atoms with Crippen LogP contribution < -0.4 is 4.74 Å². The summed E-state index contributed by atoms with van der Waals surface area (Å²) in [6.45, 7) is 8.66. The Morgan fingerprint density at radius 2 is 2.07 bits per heavy atom. The van der Waals surface area contributed by atoms with Crippen molar-refractivity contribution in [3.05, 3.63) is 41.1 Å². The van der Waals surface area contributed by atoms with Crippen molar-refractivity contribution in [2.45, 2.75) is 45.2 Å². The molecule has 0 radical (unpaired) electrons. The first-order valence-corrected chi connectivity index (χ1v) is 10.1. The number of allylic oxidation sites excluding steroid dienone is 1. The average Bonchev–Trinajstić information content (AvgIpc) is 3.01. The first-order valence-electron chi connectivity index (χ1n) is 10.1. The molecule has 5 heteroatoms. The number of carbonyl (C=O) groups excluding carboxylic acids is 1. The van der Waals surface area contributed by atoms with Gasteiger partial charge in [0, 0.05) is 35.1 Å². The van der Waals surface area contributed by atoms with Gasteiger partial charge in [-0.15, -0.1) is 0 Å². The Hall–Kier alpha value is -2.27. The summed E-state index contributed by atoms with van der Waals surface area (Å²) in [6.07, 6.45) is 4.13. The lowest BCUT2D eigenvalue weighted by Crippen LogP contribution is -2.63. The lowest BCUT2D eigenvalue weighted by Gasteiger charge is -2.61. The number of aromatic nitrogens is 1. The van der Waals surface area contributed by atoms with Gasteiger partial charge in [0.25, 0.3) is 0 Å². The van der Waals surface area contributed by atoms with E-state index in [1.807, 2.05) is 6.07 Å². The zero-order valence-corrected chi connectivity index (χ0v) is 17.3. The monoisotopic (exact) mass is 380 g/mol. The fraction of sp³-hybridized carbons (Fsp3) is 0.522. The van der Waals surface area contributed by atoms with Gasteiger partial charge in [0.15, 0.2) is 0 Å². The van der Waals surface area contributed by atoms with Crippen molar-refractivity contribution in [3.63, 3.8) is 0 Å². The molecular weight excluding hydrogens is 352 g/mol. The Morgan fingerprint density at radius 3 is 2.75 bits per heavy atom. The number of methoxy groups -OCH3 is 2. The van der Waals surface area contributed by atoms with E-state index in [0.29, 0.717) is 0 Å². The largest absolute Gasteiger partial charge is 0.497 e. The van der Waals surface area contributed by atoms with Crippen LogP contribution in [0.15, 0.2) is 29.8 Å². The van der Waals surface area contributed by atoms with E-state index in [-0.39, 0.29) is 23.0 Å². The second-order valence-electron chi connectivity index (χ2n) is 8.86. The van der Waals surface area contributed by atoms with Gasteiger partial charge in [-0.3, -0.25) is 4.90 Å². The Bertz CT molecular complexity index is 1040. The molecule has 5 nitrogen and oxygen atoms in total. The Morgan fingerprint density at radius 1 is 1.29 bits per heavy atom. The molecule has 2 aromatic rings. The summed E-state index contributed by atoms with van der Waals surface area (Å²) in [6, 6.07) is 5.88. The fourth-order valence-corrected chi connectivity index (χ4v) is 6.36. The summed E-state index contributed by atoms with van der Waals surface area (Å²) in [5.74, 6) is 0.704. The van der Waals surface area contributed by atoms with Gasteiger partial charge in [0.05, 0.1) is 19.8 Å². The number of hydrogen-bond acceptors (Lipinski definition) is 4. The van der Waals surface area contributed by atoms with Gasteiger partial charge < -0.3 is 14.0 Å². The number of fused-ring (bicyclic) bond motifs is 4. The molecule has 3 atom stereocenters. The number of ether oxygens (including phenoxy) is 2. The molecule has 2 bridgehead atoms. The van der Waals surface area contributed by atoms with Gasteiger partial charge in [-0.25, -0.2) is 4.79 Å². The SMILES string of the molecule is CC=C1CN2CCc3c4n(c5ccc(OC)cc35)[C@@H](C(=O)OC)[C@@]1(C)C[C@@]42C. The zero-order valence-electron chi connectivity index (χ0n) is 17.3. The second kappa shape index (κ2) is 5.63. The number of rotatable bonds is 2. The van der Waals surface area contributed by atoms with E-state index in [4.69, 9.17) is 9.47 Å². The van der Waals surface area contributed by atoms with Crippen LogP contribution in [-0.4, -0.2) is 42.7 Å². The molecule has 1 fully saturated rings. The molecule has 148 valence electrons. The third-order valence-electron chi connectivity index (χ3n) is 7.60. The van der Waals surface area contributed by atoms with Crippen molar-refractivity contribution in [2.75, 3.05) is 27.3 Å². The van der Waals surface area contributed by atoms with Crippen LogP contribution in [0.25, 0.3) is 10.9 Å². The lowest BCUT2D eigenvalue weighted by atomic mass is 9.59. The fourth-order valence-electron chi connectivity index (χ4n) is 6.36. The molecule has 3 aliphatic rings. The van der Waals surface area contributed by atoms with Crippen LogP contribution in [0.1, 0.15) is 44.5 Å². The number of nitrogens with zero attached hydrogens (tertiary/aromatic N) is 2. The lowest BCUT2D eigenvalue weighted by molar-refractivity contribution is -0.152. The molecule has 3 aliphatic heterocycles. The Kier molecular flexibility index (Phi) is 3.58. The highest BCUT2D eigenvalue weighted by molar-refractivity contribution is 5.91. The van der Waals surface area contributed by atoms with Crippen molar-refractivity contribution >= 4 is 16.9 Å². The predicted octanol–water partition coefficient (Wildman–Crippen LogP) is 3.81. The van der Waals surface area contributed by atoms with Crippen LogP contribution in [0.4, 0.5) is 0 Å². The van der Waals surface area contributed by atoms with Gasteiger partial charge in [0.2, 0.25) is 0 Å². The van der Waals surface area contributed by atoms with Gasteiger partial charge in [-0.1, -0.05) is 18.6 Å². The maximum atomic E-state index is 13.2. The highest BCUT2D eigenvalue weighted by Crippen LogP contribution is 2.61. The first-order chi connectivity index (χ1) is 13.4. The molecule has 0 N–H and O–H groups in total. The van der Waals surface area contributed by atoms with Crippen LogP contribution >= 0.6 is 0 Å². The summed E-state index contributed by atoms with van der Waals surface area (Å²) in [5, 5.41) is 1.21. The molecule has 0 spiro atoms. The van der Waals surface area contributed by atoms with Crippen LogP contribution in [0.3, 0.4) is 0 Å². The highest BCUT2D eigenvalue weighted by Gasteiger charge is 2.61. The Labute approximate surface area is 165 Å². The van der Waals surface area contributed by atoms with Crippen LogP contribution in [0.5, 0.6) is 5.75 Å². The van der Waals surface area contributed by atoms with Crippen molar-refractivity contribution in [1.29, 1.82) is 0 Å². The molecule has 1 saturated heterocycles. The molecule has 0 aliphatic carbocycles. The Balaban J connectivity index is 1.92. The standard InChI is InChI=1S/C23H28N2O3/c1-6-14-12-24-10-9-16-17-11-15(27-4)7-8-18(17)25-19(16)23(24,3)13-22(14,2)20(25)21(26)28-5/h6-8,11,20H,9-10,12-13H2,1-5H3/t20-,22-,23-/m0/s1. The van der Waals surface area contributed by atoms with Crippen LogP contribution in [-0.2, 0) is 21.5 Å². The molecule has 1 aromatic carbocycles. The molecular formula is C23H28N2O3. The molecule has 0 saturated carbocycles. The highest BCUT2D eigenvalue weighted by atomic mass is 16.5. The van der Waals surface area contributed by atoms with Gasteiger partial charge >= 0.3 is 5.97 Å². The number of piperidine rings is 1. The summed E-state index contributed by atoms with van der Waals surface area (Å²) in [5.41, 5.74) is 4.77.